The molecule has 0 aliphatic carbocycles. The number of rotatable bonds is 6. The van der Waals surface area contributed by atoms with Gasteiger partial charge in [0.15, 0.2) is 0 Å². The Labute approximate surface area is 125 Å². The zero-order valence-corrected chi connectivity index (χ0v) is 13.4. The van der Waals surface area contributed by atoms with E-state index in [4.69, 9.17) is 5.11 Å². The van der Waals surface area contributed by atoms with E-state index < -0.39 is 27.5 Å². The van der Waals surface area contributed by atoms with Crippen LogP contribution in [0, 0.1) is 11.3 Å². The molecule has 0 bridgehead atoms. The Hall–Kier alpha value is -1.19. The zero-order chi connectivity index (χ0) is 16.3. The lowest BCUT2D eigenvalue weighted by atomic mass is 9.93. The quantitative estimate of drug-likeness (QED) is 0.603. The van der Waals surface area contributed by atoms with Crippen molar-refractivity contribution in [2.45, 2.75) is 26.7 Å². The molecule has 0 atom stereocenters. The van der Waals surface area contributed by atoms with Gasteiger partial charge in [-0.15, -0.1) is 0 Å². The number of carbonyl (C=O) groups is 2. The van der Waals surface area contributed by atoms with Gasteiger partial charge < -0.3 is 10.4 Å². The highest BCUT2D eigenvalue weighted by atomic mass is 32.2. The molecular formula is C12H23N3O5S. The van der Waals surface area contributed by atoms with Gasteiger partial charge in [0, 0.05) is 26.7 Å². The summed E-state index contributed by atoms with van der Waals surface area (Å²) in [5, 5.41) is 11.4. The van der Waals surface area contributed by atoms with Gasteiger partial charge in [-0.1, -0.05) is 0 Å². The van der Waals surface area contributed by atoms with Gasteiger partial charge in [-0.3, -0.25) is 9.59 Å². The number of hydrogen-bond acceptors (Lipinski definition) is 4. The van der Waals surface area contributed by atoms with Gasteiger partial charge in [0.1, 0.15) is 0 Å². The fourth-order valence-electron chi connectivity index (χ4n) is 2.12. The second-order valence-electron chi connectivity index (χ2n) is 5.80. The Morgan fingerprint density at radius 2 is 1.81 bits per heavy atom. The van der Waals surface area contributed by atoms with Crippen molar-refractivity contribution in [1.82, 2.24) is 14.3 Å². The molecule has 1 fully saturated rings. The summed E-state index contributed by atoms with van der Waals surface area (Å²) in [6.45, 7) is 3.61. The first-order chi connectivity index (χ1) is 9.60. The maximum atomic E-state index is 12.2. The molecule has 122 valence electrons. The molecule has 1 rings (SSSR count). The molecule has 0 spiro atoms. The van der Waals surface area contributed by atoms with E-state index in [0.717, 1.165) is 0 Å². The fraction of sp³-hybridized carbons (Fsp3) is 0.833. The maximum absolute atomic E-state index is 12.2. The Morgan fingerprint density at radius 3 is 2.24 bits per heavy atom. The molecule has 3 N–H and O–H groups in total. The van der Waals surface area contributed by atoms with E-state index in [1.807, 2.05) is 0 Å². The van der Waals surface area contributed by atoms with Crippen molar-refractivity contribution in [2.24, 2.45) is 11.3 Å². The maximum Gasteiger partial charge on any atom is 0.306 e. The monoisotopic (exact) mass is 321 g/mol. The number of piperidine rings is 1. The lowest BCUT2D eigenvalue weighted by Gasteiger charge is -2.31. The minimum Gasteiger partial charge on any atom is -0.481 e. The van der Waals surface area contributed by atoms with E-state index in [2.05, 4.69) is 10.0 Å². The van der Waals surface area contributed by atoms with Crippen molar-refractivity contribution in [3.63, 3.8) is 0 Å². The normalized spacial score (nSPS) is 18.4. The van der Waals surface area contributed by atoms with Crippen LogP contribution in [0.1, 0.15) is 26.7 Å². The number of aliphatic carboxylic acids is 1. The number of amides is 1. The zero-order valence-electron chi connectivity index (χ0n) is 12.5. The Morgan fingerprint density at radius 1 is 1.29 bits per heavy atom. The van der Waals surface area contributed by atoms with Crippen LogP contribution in [0.2, 0.25) is 0 Å². The Balaban J connectivity index is 2.59. The van der Waals surface area contributed by atoms with Crippen molar-refractivity contribution in [2.75, 3.05) is 26.7 Å². The van der Waals surface area contributed by atoms with Crippen LogP contribution in [-0.2, 0) is 19.8 Å². The van der Waals surface area contributed by atoms with Gasteiger partial charge in [-0.05, 0) is 26.7 Å². The highest BCUT2D eigenvalue weighted by molar-refractivity contribution is 7.87. The standard InChI is InChI=1S/C12H23N3O5S/c1-12(2,11(18)13-3)8-14-21(19,20)15-6-4-9(5-7-15)10(16)17/h9,14H,4-8H2,1-3H3,(H,13,18)(H,16,17). The van der Waals surface area contributed by atoms with Crippen molar-refractivity contribution in [1.29, 1.82) is 0 Å². The number of hydrogen-bond donors (Lipinski definition) is 3. The summed E-state index contributed by atoms with van der Waals surface area (Å²) in [4.78, 5) is 22.5. The number of carboxylic acids is 1. The van der Waals surface area contributed by atoms with Crippen molar-refractivity contribution in [3.8, 4) is 0 Å². The van der Waals surface area contributed by atoms with Crippen molar-refractivity contribution in [3.05, 3.63) is 0 Å². The predicted octanol–water partition coefficient (Wildman–Crippen LogP) is -0.610. The predicted molar refractivity (Wildman–Crippen MR) is 76.7 cm³/mol. The SMILES string of the molecule is CNC(=O)C(C)(C)CNS(=O)(=O)N1CCC(C(=O)O)CC1. The summed E-state index contributed by atoms with van der Waals surface area (Å²) in [5.74, 6) is -1.63. The summed E-state index contributed by atoms with van der Waals surface area (Å²) in [7, 11) is -2.20. The molecule has 1 aliphatic heterocycles. The summed E-state index contributed by atoms with van der Waals surface area (Å²) >= 11 is 0. The van der Waals surface area contributed by atoms with Crippen molar-refractivity contribution >= 4 is 22.1 Å². The third kappa shape index (κ3) is 4.65. The lowest BCUT2D eigenvalue weighted by Crippen LogP contribution is -2.50. The topological polar surface area (TPSA) is 116 Å². The number of nitrogens with zero attached hydrogens (tertiary/aromatic N) is 1. The van der Waals surface area contributed by atoms with E-state index in [1.54, 1.807) is 13.8 Å². The smallest absolute Gasteiger partial charge is 0.306 e. The van der Waals surface area contributed by atoms with Crippen LogP contribution in [0.4, 0.5) is 0 Å². The molecule has 0 radical (unpaired) electrons. The van der Waals surface area contributed by atoms with E-state index in [0.29, 0.717) is 12.8 Å². The van der Waals surface area contributed by atoms with Gasteiger partial charge in [0.2, 0.25) is 5.91 Å². The third-order valence-electron chi connectivity index (χ3n) is 3.68. The van der Waals surface area contributed by atoms with Gasteiger partial charge >= 0.3 is 5.97 Å². The second kappa shape index (κ2) is 6.71. The first-order valence-electron chi connectivity index (χ1n) is 6.80. The molecule has 21 heavy (non-hydrogen) atoms. The average molecular weight is 321 g/mol. The van der Waals surface area contributed by atoms with E-state index in [-0.39, 0.29) is 25.5 Å². The van der Waals surface area contributed by atoms with Crippen LogP contribution in [0.3, 0.4) is 0 Å². The van der Waals surface area contributed by atoms with Crippen LogP contribution in [-0.4, -0.2) is 56.4 Å². The minimum absolute atomic E-state index is 0.0200. The number of carbonyl (C=O) groups excluding carboxylic acids is 1. The van der Waals surface area contributed by atoms with Gasteiger partial charge in [-0.2, -0.15) is 12.7 Å². The Bertz CT molecular complexity index is 495. The molecule has 1 heterocycles. The Kier molecular flexibility index (Phi) is 5.71. The van der Waals surface area contributed by atoms with Crippen molar-refractivity contribution < 1.29 is 23.1 Å². The van der Waals surface area contributed by atoms with Gasteiger partial charge in [0.05, 0.1) is 11.3 Å². The summed E-state index contributed by atoms with van der Waals surface area (Å²) in [6.07, 6.45) is 0.601. The molecule has 0 saturated carbocycles. The molecule has 9 heteroatoms. The lowest BCUT2D eigenvalue weighted by molar-refractivity contribution is -0.143. The molecule has 8 nitrogen and oxygen atoms in total. The fourth-order valence-corrected chi connectivity index (χ4v) is 3.54. The molecule has 1 saturated heterocycles. The second-order valence-corrected chi connectivity index (χ2v) is 7.56. The van der Waals surface area contributed by atoms with E-state index in [1.165, 1.54) is 11.4 Å². The molecular weight excluding hydrogens is 298 g/mol. The van der Waals surface area contributed by atoms with Gasteiger partial charge in [-0.25, -0.2) is 4.72 Å². The highest BCUT2D eigenvalue weighted by Gasteiger charge is 2.33. The van der Waals surface area contributed by atoms with E-state index in [9.17, 15) is 18.0 Å². The number of carboxylic acid groups (broad SMARTS) is 1. The first-order valence-corrected chi connectivity index (χ1v) is 8.24. The largest absolute Gasteiger partial charge is 0.481 e. The van der Waals surface area contributed by atoms with E-state index >= 15 is 0 Å². The molecule has 0 aromatic carbocycles. The molecule has 0 aromatic rings. The third-order valence-corrected chi connectivity index (χ3v) is 5.24. The summed E-state index contributed by atoms with van der Waals surface area (Å²) < 4.78 is 28.0. The highest BCUT2D eigenvalue weighted by Crippen LogP contribution is 2.20. The number of nitrogens with one attached hydrogen (secondary N) is 2. The van der Waals surface area contributed by atoms with Crippen LogP contribution in [0.15, 0.2) is 0 Å². The minimum atomic E-state index is -3.70. The summed E-state index contributed by atoms with van der Waals surface area (Å²) in [5.41, 5.74) is -0.860. The first kappa shape index (κ1) is 17.9. The molecule has 1 amide bonds. The summed E-state index contributed by atoms with van der Waals surface area (Å²) in [6, 6.07) is 0. The molecule has 0 aromatic heterocycles. The molecule has 1 aliphatic rings. The van der Waals surface area contributed by atoms with Crippen LogP contribution in [0.5, 0.6) is 0 Å². The van der Waals surface area contributed by atoms with Crippen LogP contribution < -0.4 is 10.0 Å². The van der Waals surface area contributed by atoms with Crippen LogP contribution >= 0.6 is 0 Å². The van der Waals surface area contributed by atoms with Gasteiger partial charge in [0.25, 0.3) is 10.2 Å². The molecule has 0 unspecified atom stereocenters. The van der Waals surface area contributed by atoms with Crippen LogP contribution in [0.25, 0.3) is 0 Å². The average Bonchev–Trinajstić information content (AvgIpc) is 2.44.